The first-order chi connectivity index (χ1) is 11.3. The quantitative estimate of drug-likeness (QED) is 0.399. The second-order valence-corrected chi connectivity index (χ2v) is 6.11. The average molecular weight is 314 g/mol. The minimum absolute atomic E-state index is 0.729. The summed E-state index contributed by atoms with van der Waals surface area (Å²) in [5.74, 6) is 1.67. The van der Waals surface area contributed by atoms with Crippen LogP contribution in [0.3, 0.4) is 0 Å². The maximum atomic E-state index is 5.63. The van der Waals surface area contributed by atoms with E-state index in [4.69, 9.17) is 4.74 Å². The van der Waals surface area contributed by atoms with Crippen LogP contribution >= 0.6 is 0 Å². The lowest BCUT2D eigenvalue weighted by Crippen LogP contribution is -2.37. The zero-order valence-corrected chi connectivity index (χ0v) is 13.8. The van der Waals surface area contributed by atoms with Gasteiger partial charge in [-0.15, -0.1) is 0 Å². The van der Waals surface area contributed by atoms with E-state index in [0.717, 1.165) is 50.3 Å². The maximum Gasteiger partial charge on any atom is 0.191 e. The molecule has 1 saturated carbocycles. The summed E-state index contributed by atoms with van der Waals surface area (Å²) >= 11 is 0. The molecule has 0 radical (unpaired) electrons. The molecule has 1 aromatic carbocycles. The first kappa shape index (κ1) is 15.9. The van der Waals surface area contributed by atoms with Crippen LogP contribution in [0.1, 0.15) is 25.0 Å². The van der Waals surface area contributed by atoms with Crippen LogP contribution < -0.4 is 10.6 Å². The Balaban J connectivity index is 1.35. The highest BCUT2D eigenvalue weighted by atomic mass is 16.5. The van der Waals surface area contributed by atoms with Crippen molar-refractivity contribution in [3.05, 3.63) is 36.0 Å². The van der Waals surface area contributed by atoms with Gasteiger partial charge in [-0.1, -0.05) is 18.2 Å². The van der Waals surface area contributed by atoms with Crippen LogP contribution in [-0.2, 0) is 11.3 Å². The molecular weight excluding hydrogens is 288 g/mol. The number of aromatic nitrogens is 1. The predicted molar refractivity (Wildman–Crippen MR) is 94.7 cm³/mol. The summed E-state index contributed by atoms with van der Waals surface area (Å²) in [5.41, 5.74) is 2.32. The molecule has 3 rings (SSSR count). The summed E-state index contributed by atoms with van der Waals surface area (Å²) in [6.45, 7) is 3.36. The Hall–Kier alpha value is -2.01. The third-order valence-corrected chi connectivity index (χ3v) is 4.06. The normalized spacial score (nSPS) is 15.1. The molecule has 0 spiro atoms. The Morgan fingerprint density at radius 1 is 1.30 bits per heavy atom. The van der Waals surface area contributed by atoms with Crippen LogP contribution in [-0.4, -0.2) is 37.7 Å². The summed E-state index contributed by atoms with van der Waals surface area (Å²) in [6.07, 6.45) is 3.70. The highest BCUT2D eigenvalue weighted by Crippen LogP contribution is 2.28. The molecule has 0 atom stereocenters. The van der Waals surface area contributed by atoms with Crippen molar-refractivity contribution >= 4 is 16.9 Å². The molecule has 0 saturated heterocycles. The Kier molecular flexibility index (Phi) is 5.53. The number of fused-ring (bicyclic) bond motifs is 1. The first-order valence-electron chi connectivity index (χ1n) is 8.44. The molecule has 124 valence electrons. The molecule has 0 unspecified atom stereocenters. The summed E-state index contributed by atoms with van der Waals surface area (Å²) in [6, 6.07) is 10.5. The Bertz CT molecular complexity index is 612. The number of nitrogens with zero attached hydrogens (tertiary/aromatic N) is 1. The van der Waals surface area contributed by atoms with Gasteiger partial charge in [-0.2, -0.15) is 0 Å². The van der Waals surface area contributed by atoms with Crippen LogP contribution in [0.5, 0.6) is 0 Å². The summed E-state index contributed by atoms with van der Waals surface area (Å²) in [7, 11) is 1.80. The molecule has 1 aliphatic carbocycles. The van der Waals surface area contributed by atoms with Gasteiger partial charge in [0.05, 0.1) is 6.54 Å². The second kappa shape index (κ2) is 8.02. The van der Waals surface area contributed by atoms with E-state index in [1.807, 2.05) is 6.07 Å². The maximum absolute atomic E-state index is 5.63. The van der Waals surface area contributed by atoms with Gasteiger partial charge < -0.3 is 20.4 Å². The predicted octanol–water partition coefficient (Wildman–Crippen LogP) is 2.65. The fraction of sp³-hybridized carbons (Fsp3) is 0.500. The number of hydrogen-bond donors (Lipinski definition) is 3. The van der Waals surface area contributed by atoms with E-state index in [2.05, 4.69) is 44.9 Å². The molecule has 1 aromatic heterocycles. The largest absolute Gasteiger partial charge is 0.381 e. The highest BCUT2D eigenvalue weighted by molar-refractivity contribution is 5.81. The molecule has 1 heterocycles. The zero-order chi connectivity index (χ0) is 15.9. The lowest BCUT2D eigenvalue weighted by atomic mass is 10.2. The zero-order valence-electron chi connectivity index (χ0n) is 13.8. The number of para-hydroxylation sites is 1. The Morgan fingerprint density at radius 2 is 2.17 bits per heavy atom. The molecule has 0 amide bonds. The lowest BCUT2D eigenvalue weighted by molar-refractivity contribution is 0.123. The van der Waals surface area contributed by atoms with E-state index >= 15 is 0 Å². The summed E-state index contributed by atoms with van der Waals surface area (Å²) in [4.78, 5) is 7.66. The molecular formula is C18H26N4O. The van der Waals surface area contributed by atoms with Gasteiger partial charge in [0, 0.05) is 38.0 Å². The fourth-order valence-electron chi connectivity index (χ4n) is 2.54. The van der Waals surface area contributed by atoms with Crippen LogP contribution in [0.15, 0.2) is 35.3 Å². The number of aromatic amines is 1. The molecule has 1 fully saturated rings. The SMILES string of the molecule is CN=C(NCCCOCC1CC1)NCc1cc2ccccc2[nH]1. The molecule has 0 aliphatic heterocycles. The van der Waals surface area contributed by atoms with Gasteiger partial charge in [-0.3, -0.25) is 4.99 Å². The molecule has 1 aliphatic rings. The van der Waals surface area contributed by atoms with E-state index in [1.165, 1.54) is 23.7 Å². The van der Waals surface area contributed by atoms with Crippen molar-refractivity contribution in [2.45, 2.75) is 25.8 Å². The van der Waals surface area contributed by atoms with Gasteiger partial charge in [0.2, 0.25) is 0 Å². The van der Waals surface area contributed by atoms with E-state index in [-0.39, 0.29) is 0 Å². The number of aliphatic imine (C=N–C) groups is 1. The standard InChI is InChI=1S/C18H26N4O/c1-19-18(20-9-4-10-23-13-14-7-8-14)21-12-16-11-15-5-2-3-6-17(15)22-16/h2-3,5-6,11,14,22H,4,7-10,12-13H2,1H3,(H2,19,20,21). The van der Waals surface area contributed by atoms with Gasteiger partial charge in [0.25, 0.3) is 0 Å². The van der Waals surface area contributed by atoms with Gasteiger partial charge in [-0.05, 0) is 42.7 Å². The van der Waals surface area contributed by atoms with Gasteiger partial charge in [0.15, 0.2) is 5.96 Å². The van der Waals surface area contributed by atoms with Crippen molar-refractivity contribution < 1.29 is 4.74 Å². The molecule has 2 aromatic rings. The summed E-state index contributed by atoms with van der Waals surface area (Å²) in [5, 5.41) is 7.89. The number of H-pyrrole nitrogens is 1. The Morgan fingerprint density at radius 3 is 2.96 bits per heavy atom. The van der Waals surface area contributed by atoms with E-state index in [0.29, 0.717) is 0 Å². The van der Waals surface area contributed by atoms with E-state index in [9.17, 15) is 0 Å². The number of nitrogens with one attached hydrogen (secondary N) is 3. The molecule has 5 heteroatoms. The minimum atomic E-state index is 0.729. The van der Waals surface area contributed by atoms with Crippen molar-refractivity contribution in [1.29, 1.82) is 0 Å². The monoisotopic (exact) mass is 314 g/mol. The van der Waals surface area contributed by atoms with Crippen LogP contribution in [0, 0.1) is 5.92 Å². The summed E-state index contributed by atoms with van der Waals surface area (Å²) < 4.78 is 5.63. The van der Waals surface area contributed by atoms with Gasteiger partial charge in [-0.25, -0.2) is 0 Å². The second-order valence-electron chi connectivity index (χ2n) is 6.11. The topological polar surface area (TPSA) is 61.4 Å². The van der Waals surface area contributed by atoms with Crippen molar-refractivity contribution in [2.24, 2.45) is 10.9 Å². The number of hydrogen-bond acceptors (Lipinski definition) is 2. The third kappa shape index (κ3) is 4.99. The number of ether oxygens (including phenoxy) is 1. The fourth-order valence-corrected chi connectivity index (χ4v) is 2.54. The molecule has 23 heavy (non-hydrogen) atoms. The minimum Gasteiger partial charge on any atom is -0.381 e. The number of guanidine groups is 1. The highest BCUT2D eigenvalue weighted by Gasteiger charge is 2.20. The van der Waals surface area contributed by atoms with Crippen molar-refractivity contribution in [1.82, 2.24) is 15.6 Å². The lowest BCUT2D eigenvalue weighted by Gasteiger charge is -2.11. The van der Waals surface area contributed by atoms with E-state index in [1.54, 1.807) is 7.05 Å². The van der Waals surface area contributed by atoms with Gasteiger partial charge in [0.1, 0.15) is 0 Å². The first-order valence-corrected chi connectivity index (χ1v) is 8.44. The van der Waals surface area contributed by atoms with Gasteiger partial charge >= 0.3 is 0 Å². The van der Waals surface area contributed by atoms with Crippen molar-refractivity contribution in [3.63, 3.8) is 0 Å². The van der Waals surface area contributed by atoms with Crippen molar-refractivity contribution in [3.8, 4) is 0 Å². The number of benzene rings is 1. The van der Waals surface area contributed by atoms with Crippen LogP contribution in [0.25, 0.3) is 10.9 Å². The smallest absolute Gasteiger partial charge is 0.191 e. The van der Waals surface area contributed by atoms with E-state index < -0.39 is 0 Å². The average Bonchev–Trinajstić information content (AvgIpc) is 3.30. The third-order valence-electron chi connectivity index (χ3n) is 4.06. The molecule has 0 bridgehead atoms. The Labute approximate surface area is 137 Å². The molecule has 3 N–H and O–H groups in total. The van der Waals surface area contributed by atoms with Crippen molar-refractivity contribution in [2.75, 3.05) is 26.8 Å². The van der Waals surface area contributed by atoms with Crippen LogP contribution in [0.2, 0.25) is 0 Å². The van der Waals surface area contributed by atoms with Crippen LogP contribution in [0.4, 0.5) is 0 Å². The number of rotatable bonds is 8. The molecule has 5 nitrogen and oxygen atoms in total.